The van der Waals surface area contributed by atoms with Crippen LogP contribution in [0, 0.1) is 0 Å². The number of rotatable bonds is 3. The Bertz CT molecular complexity index is 491. The van der Waals surface area contributed by atoms with Crippen molar-refractivity contribution < 1.29 is 5.11 Å². The first-order valence-corrected chi connectivity index (χ1v) is 9.13. The summed E-state index contributed by atoms with van der Waals surface area (Å²) in [4.78, 5) is 0. The van der Waals surface area contributed by atoms with Gasteiger partial charge in [0.25, 0.3) is 0 Å². The maximum absolute atomic E-state index is 9.96. The van der Waals surface area contributed by atoms with Crippen LogP contribution in [0.15, 0.2) is 54.6 Å². The summed E-state index contributed by atoms with van der Waals surface area (Å²) in [6, 6.07) is 19.3. The summed E-state index contributed by atoms with van der Waals surface area (Å²) in [5.74, 6) is 0.445. The number of para-hydroxylation sites is 1. The Balaban J connectivity index is 2.28. The van der Waals surface area contributed by atoms with Gasteiger partial charge < -0.3 is 5.11 Å². The summed E-state index contributed by atoms with van der Waals surface area (Å²) < 4.78 is 0. The Morgan fingerprint density at radius 1 is 0.882 bits per heavy atom. The third-order valence-corrected chi connectivity index (χ3v) is 6.30. The molecular formula is C15H18OSi. The van der Waals surface area contributed by atoms with Gasteiger partial charge in [0.15, 0.2) is 0 Å². The van der Waals surface area contributed by atoms with Crippen LogP contribution in [0.3, 0.4) is 0 Å². The molecule has 0 heterocycles. The number of benzene rings is 2. The molecule has 0 aromatic heterocycles. The van der Waals surface area contributed by atoms with E-state index in [2.05, 4.69) is 43.4 Å². The molecule has 2 rings (SSSR count). The zero-order valence-corrected chi connectivity index (χ0v) is 11.4. The van der Waals surface area contributed by atoms with Crippen molar-refractivity contribution in [1.82, 2.24) is 0 Å². The molecule has 88 valence electrons. The van der Waals surface area contributed by atoms with Crippen LogP contribution in [0.25, 0.3) is 0 Å². The third kappa shape index (κ3) is 2.77. The van der Waals surface area contributed by atoms with Crippen LogP contribution < -0.4 is 5.19 Å². The molecular weight excluding hydrogens is 224 g/mol. The van der Waals surface area contributed by atoms with Gasteiger partial charge in [-0.1, -0.05) is 67.2 Å². The average Bonchev–Trinajstić information content (AvgIpc) is 2.30. The lowest BCUT2D eigenvalue weighted by atomic mass is 10.2. The van der Waals surface area contributed by atoms with Gasteiger partial charge in [0.1, 0.15) is 5.75 Å². The molecule has 0 radical (unpaired) electrons. The van der Waals surface area contributed by atoms with Gasteiger partial charge in [0.2, 0.25) is 0 Å². The van der Waals surface area contributed by atoms with Crippen molar-refractivity contribution in [3.05, 3.63) is 60.2 Å². The smallest absolute Gasteiger partial charge is 0.114 e. The van der Waals surface area contributed by atoms with Crippen molar-refractivity contribution in [2.24, 2.45) is 0 Å². The van der Waals surface area contributed by atoms with E-state index in [-0.39, 0.29) is 0 Å². The second-order valence-electron chi connectivity index (χ2n) is 5.06. The Morgan fingerprint density at radius 2 is 1.47 bits per heavy atom. The minimum atomic E-state index is -1.61. The van der Waals surface area contributed by atoms with E-state index in [1.165, 1.54) is 5.56 Å². The monoisotopic (exact) mass is 242 g/mol. The van der Waals surface area contributed by atoms with Crippen LogP contribution in [0.1, 0.15) is 5.56 Å². The standard InChI is InChI=1S/C15H18OSi/c1-17(2,12-13-8-4-3-5-9-13)15-11-7-6-10-14(15)16/h3-11,16H,12H2,1-2H3. The maximum Gasteiger partial charge on any atom is 0.114 e. The summed E-state index contributed by atoms with van der Waals surface area (Å²) in [5, 5.41) is 11.1. The number of aromatic hydroxyl groups is 1. The second kappa shape index (κ2) is 4.76. The first kappa shape index (κ1) is 11.9. The average molecular weight is 242 g/mol. The predicted molar refractivity (Wildman–Crippen MR) is 75.4 cm³/mol. The molecule has 2 heteroatoms. The largest absolute Gasteiger partial charge is 0.508 e. The molecule has 0 aliphatic carbocycles. The van der Waals surface area contributed by atoms with Crippen molar-refractivity contribution in [3.63, 3.8) is 0 Å². The van der Waals surface area contributed by atoms with E-state index < -0.39 is 8.07 Å². The fourth-order valence-corrected chi connectivity index (χ4v) is 5.02. The fraction of sp³-hybridized carbons (Fsp3) is 0.200. The molecule has 0 atom stereocenters. The molecule has 1 nitrogen and oxygen atoms in total. The number of hydrogen-bond donors (Lipinski definition) is 1. The minimum Gasteiger partial charge on any atom is -0.508 e. The number of hydrogen-bond acceptors (Lipinski definition) is 1. The highest BCUT2D eigenvalue weighted by molar-refractivity contribution is 6.89. The molecule has 0 saturated carbocycles. The molecule has 17 heavy (non-hydrogen) atoms. The van der Waals surface area contributed by atoms with Gasteiger partial charge in [0, 0.05) is 0 Å². The highest BCUT2D eigenvalue weighted by atomic mass is 28.3. The quantitative estimate of drug-likeness (QED) is 0.820. The van der Waals surface area contributed by atoms with E-state index in [0.29, 0.717) is 5.75 Å². The number of phenolic OH excluding ortho intramolecular Hbond substituents is 1. The summed E-state index contributed by atoms with van der Waals surface area (Å²) in [6.07, 6.45) is 0. The van der Waals surface area contributed by atoms with Crippen molar-refractivity contribution in [2.45, 2.75) is 19.1 Å². The zero-order valence-electron chi connectivity index (χ0n) is 10.4. The lowest BCUT2D eigenvalue weighted by Crippen LogP contribution is -2.44. The Morgan fingerprint density at radius 3 is 2.12 bits per heavy atom. The van der Waals surface area contributed by atoms with E-state index in [0.717, 1.165) is 11.2 Å². The molecule has 2 aromatic rings. The maximum atomic E-state index is 9.96. The van der Waals surface area contributed by atoms with Crippen LogP contribution in [0.2, 0.25) is 13.1 Å². The topological polar surface area (TPSA) is 20.2 Å². The van der Waals surface area contributed by atoms with Crippen LogP contribution >= 0.6 is 0 Å². The molecule has 0 aliphatic rings. The van der Waals surface area contributed by atoms with Crippen LogP contribution in [0.4, 0.5) is 0 Å². The molecule has 0 bridgehead atoms. The highest BCUT2D eigenvalue weighted by Gasteiger charge is 2.26. The molecule has 0 saturated heterocycles. The molecule has 0 unspecified atom stereocenters. The summed E-state index contributed by atoms with van der Waals surface area (Å²) in [5.41, 5.74) is 1.35. The fourth-order valence-electron chi connectivity index (χ4n) is 2.25. The second-order valence-corrected chi connectivity index (χ2v) is 9.72. The van der Waals surface area contributed by atoms with Crippen molar-refractivity contribution in [3.8, 4) is 5.75 Å². The van der Waals surface area contributed by atoms with E-state index in [9.17, 15) is 5.11 Å². The van der Waals surface area contributed by atoms with Gasteiger partial charge in [-0.15, -0.1) is 0 Å². The van der Waals surface area contributed by atoms with Crippen molar-refractivity contribution in [2.75, 3.05) is 0 Å². The van der Waals surface area contributed by atoms with Gasteiger partial charge in [-0.05, 0) is 17.3 Å². The predicted octanol–water partition coefficient (Wildman–Crippen LogP) is 3.09. The number of phenols is 1. The molecule has 0 aliphatic heterocycles. The first-order chi connectivity index (χ1) is 8.09. The van der Waals surface area contributed by atoms with E-state index in [4.69, 9.17) is 0 Å². The van der Waals surface area contributed by atoms with Gasteiger partial charge >= 0.3 is 0 Å². The molecule has 1 N–H and O–H groups in total. The third-order valence-electron chi connectivity index (χ3n) is 3.12. The van der Waals surface area contributed by atoms with Crippen LogP contribution in [0.5, 0.6) is 5.75 Å². The van der Waals surface area contributed by atoms with Crippen LogP contribution in [-0.2, 0) is 6.04 Å². The SMILES string of the molecule is C[Si](C)(Cc1ccccc1)c1ccccc1O. The van der Waals surface area contributed by atoms with Crippen LogP contribution in [-0.4, -0.2) is 13.2 Å². The van der Waals surface area contributed by atoms with Crippen molar-refractivity contribution in [1.29, 1.82) is 0 Å². The van der Waals surface area contributed by atoms with Gasteiger partial charge in [-0.3, -0.25) is 0 Å². The molecule has 2 aromatic carbocycles. The normalized spacial score (nSPS) is 11.4. The van der Waals surface area contributed by atoms with Gasteiger partial charge in [-0.25, -0.2) is 0 Å². The van der Waals surface area contributed by atoms with E-state index in [1.54, 1.807) is 6.07 Å². The molecule has 0 amide bonds. The first-order valence-electron chi connectivity index (χ1n) is 5.92. The van der Waals surface area contributed by atoms with E-state index in [1.807, 2.05) is 18.2 Å². The molecule has 0 fully saturated rings. The highest BCUT2D eigenvalue weighted by Crippen LogP contribution is 2.17. The van der Waals surface area contributed by atoms with Crippen molar-refractivity contribution >= 4 is 13.3 Å². The van der Waals surface area contributed by atoms with Gasteiger partial charge in [-0.2, -0.15) is 0 Å². The summed E-state index contributed by atoms with van der Waals surface area (Å²) in [7, 11) is -1.61. The lowest BCUT2D eigenvalue weighted by Gasteiger charge is -2.24. The van der Waals surface area contributed by atoms with E-state index >= 15 is 0 Å². The zero-order chi connectivity index (χ0) is 12.3. The lowest BCUT2D eigenvalue weighted by molar-refractivity contribution is 0.479. The summed E-state index contributed by atoms with van der Waals surface area (Å²) in [6.45, 7) is 4.60. The molecule has 0 spiro atoms. The minimum absolute atomic E-state index is 0.445. The Kier molecular flexibility index (Phi) is 3.34. The summed E-state index contributed by atoms with van der Waals surface area (Å²) >= 11 is 0. The Labute approximate surface area is 104 Å². The Hall–Kier alpha value is -1.54. The van der Waals surface area contributed by atoms with Gasteiger partial charge in [0.05, 0.1) is 8.07 Å².